The number of carbonyl (C=O) groups excluding carboxylic acids is 1. The van der Waals surface area contributed by atoms with Crippen molar-refractivity contribution in [2.45, 2.75) is 59.0 Å². The van der Waals surface area contributed by atoms with Crippen molar-refractivity contribution in [3.05, 3.63) is 29.8 Å². The molecule has 1 aromatic rings. The Balaban J connectivity index is 2.76. The van der Waals surface area contributed by atoms with Gasteiger partial charge in [-0.2, -0.15) is 0 Å². The van der Waals surface area contributed by atoms with Gasteiger partial charge in [-0.05, 0) is 42.9 Å². The van der Waals surface area contributed by atoms with Crippen molar-refractivity contribution in [3.63, 3.8) is 0 Å². The first-order valence-electron chi connectivity index (χ1n) is 7.38. The molecule has 0 saturated carbocycles. The Morgan fingerprint density at radius 2 is 1.75 bits per heavy atom. The summed E-state index contributed by atoms with van der Waals surface area (Å²) in [5, 5.41) is 0. The molecule has 0 aliphatic rings. The minimum Gasteiger partial charge on any atom is -0.479 e. The molecule has 0 aromatic heterocycles. The van der Waals surface area contributed by atoms with Crippen LogP contribution in [0.3, 0.4) is 0 Å². The first kappa shape index (κ1) is 16.5. The van der Waals surface area contributed by atoms with E-state index in [1.807, 2.05) is 19.1 Å². The SMILES string of the molecule is CCOC(=O)C(CC)Oc1ccc(C(C)(C)CC)cc1. The van der Waals surface area contributed by atoms with Crippen molar-refractivity contribution in [2.24, 2.45) is 0 Å². The number of esters is 1. The lowest BCUT2D eigenvalue weighted by Crippen LogP contribution is -2.28. The van der Waals surface area contributed by atoms with E-state index in [9.17, 15) is 4.79 Å². The maximum Gasteiger partial charge on any atom is 0.347 e. The normalized spacial score (nSPS) is 12.8. The second-order valence-corrected chi connectivity index (χ2v) is 5.53. The lowest BCUT2D eigenvalue weighted by molar-refractivity contribution is -0.151. The van der Waals surface area contributed by atoms with Gasteiger partial charge in [-0.3, -0.25) is 0 Å². The number of hydrogen-bond donors (Lipinski definition) is 0. The fraction of sp³-hybridized carbons (Fsp3) is 0.588. The minimum atomic E-state index is -0.528. The van der Waals surface area contributed by atoms with Gasteiger partial charge in [0.2, 0.25) is 0 Å². The summed E-state index contributed by atoms with van der Waals surface area (Å²) < 4.78 is 10.7. The molecule has 0 aliphatic carbocycles. The smallest absolute Gasteiger partial charge is 0.347 e. The Morgan fingerprint density at radius 1 is 1.15 bits per heavy atom. The van der Waals surface area contributed by atoms with Gasteiger partial charge in [0.1, 0.15) is 5.75 Å². The maximum atomic E-state index is 11.7. The summed E-state index contributed by atoms with van der Waals surface area (Å²) in [7, 11) is 0. The third-order valence-corrected chi connectivity index (χ3v) is 3.72. The third kappa shape index (κ3) is 4.26. The highest BCUT2D eigenvalue weighted by Gasteiger charge is 2.21. The molecule has 1 atom stereocenters. The van der Waals surface area contributed by atoms with E-state index in [0.717, 1.165) is 6.42 Å². The molecular weight excluding hydrogens is 252 g/mol. The predicted octanol–water partition coefficient (Wildman–Crippen LogP) is 4.09. The van der Waals surface area contributed by atoms with Crippen LogP contribution in [-0.2, 0) is 14.9 Å². The van der Waals surface area contributed by atoms with Crippen LogP contribution >= 0.6 is 0 Å². The molecule has 3 nitrogen and oxygen atoms in total. The highest BCUT2D eigenvalue weighted by molar-refractivity contribution is 5.75. The molecule has 0 aliphatic heterocycles. The van der Waals surface area contributed by atoms with Gasteiger partial charge in [0, 0.05) is 0 Å². The van der Waals surface area contributed by atoms with Crippen molar-refractivity contribution in [1.29, 1.82) is 0 Å². The number of benzene rings is 1. The standard InChI is InChI=1S/C17H26O3/c1-6-15(16(18)19-8-3)20-14-11-9-13(10-12-14)17(4,5)7-2/h9-12,15H,6-8H2,1-5H3. The van der Waals surface area contributed by atoms with E-state index in [1.54, 1.807) is 6.92 Å². The molecule has 0 spiro atoms. The Hall–Kier alpha value is -1.51. The molecule has 3 heteroatoms. The first-order valence-corrected chi connectivity index (χ1v) is 7.38. The van der Waals surface area contributed by atoms with Gasteiger partial charge in [-0.15, -0.1) is 0 Å². The highest BCUT2D eigenvalue weighted by Crippen LogP contribution is 2.28. The zero-order valence-electron chi connectivity index (χ0n) is 13.2. The number of hydrogen-bond acceptors (Lipinski definition) is 3. The third-order valence-electron chi connectivity index (χ3n) is 3.72. The molecule has 0 bridgehead atoms. The topological polar surface area (TPSA) is 35.5 Å². The summed E-state index contributed by atoms with van der Waals surface area (Å²) in [6.45, 7) is 10.7. The molecule has 0 N–H and O–H groups in total. The maximum absolute atomic E-state index is 11.7. The van der Waals surface area contributed by atoms with Crippen LogP contribution in [0.4, 0.5) is 0 Å². The van der Waals surface area contributed by atoms with E-state index in [4.69, 9.17) is 9.47 Å². The molecule has 1 rings (SSSR count). The largest absolute Gasteiger partial charge is 0.479 e. The van der Waals surface area contributed by atoms with E-state index in [-0.39, 0.29) is 11.4 Å². The Bertz CT molecular complexity index is 420. The summed E-state index contributed by atoms with van der Waals surface area (Å²) in [5.74, 6) is 0.411. The summed E-state index contributed by atoms with van der Waals surface area (Å²) in [5.41, 5.74) is 1.43. The summed E-state index contributed by atoms with van der Waals surface area (Å²) >= 11 is 0. The molecule has 0 amide bonds. The van der Waals surface area contributed by atoms with Crippen LogP contribution < -0.4 is 4.74 Å². The Labute approximate surface area is 122 Å². The van der Waals surface area contributed by atoms with E-state index >= 15 is 0 Å². The van der Waals surface area contributed by atoms with E-state index in [2.05, 4.69) is 32.9 Å². The number of carbonyl (C=O) groups is 1. The van der Waals surface area contributed by atoms with E-state index in [0.29, 0.717) is 18.8 Å². The monoisotopic (exact) mass is 278 g/mol. The van der Waals surface area contributed by atoms with Gasteiger partial charge in [-0.1, -0.05) is 39.8 Å². The van der Waals surface area contributed by atoms with Gasteiger partial charge >= 0.3 is 5.97 Å². The molecule has 0 radical (unpaired) electrons. The molecule has 20 heavy (non-hydrogen) atoms. The molecule has 112 valence electrons. The van der Waals surface area contributed by atoms with E-state index in [1.165, 1.54) is 5.56 Å². The van der Waals surface area contributed by atoms with Gasteiger partial charge in [0.05, 0.1) is 6.61 Å². The van der Waals surface area contributed by atoms with Gasteiger partial charge in [0.15, 0.2) is 6.10 Å². The molecule has 0 heterocycles. The van der Waals surface area contributed by atoms with Crippen molar-refractivity contribution in [3.8, 4) is 5.75 Å². The molecule has 0 fully saturated rings. The molecular formula is C17H26O3. The van der Waals surface area contributed by atoms with Crippen LogP contribution in [0.1, 0.15) is 53.0 Å². The fourth-order valence-electron chi connectivity index (χ4n) is 1.89. The summed E-state index contributed by atoms with van der Waals surface area (Å²) in [6, 6.07) is 7.98. The molecule has 1 aromatic carbocycles. The Kier molecular flexibility index (Phi) is 6.05. The Morgan fingerprint density at radius 3 is 2.20 bits per heavy atom. The van der Waals surface area contributed by atoms with Crippen LogP contribution in [0.5, 0.6) is 5.75 Å². The lowest BCUT2D eigenvalue weighted by Gasteiger charge is -2.24. The van der Waals surface area contributed by atoms with Crippen LogP contribution in [0.2, 0.25) is 0 Å². The van der Waals surface area contributed by atoms with Crippen LogP contribution in [0, 0.1) is 0 Å². The van der Waals surface area contributed by atoms with Crippen molar-refractivity contribution < 1.29 is 14.3 Å². The summed E-state index contributed by atoms with van der Waals surface area (Å²) in [6.07, 6.45) is 1.15. The average Bonchev–Trinajstić information content (AvgIpc) is 2.45. The second-order valence-electron chi connectivity index (χ2n) is 5.53. The van der Waals surface area contributed by atoms with Crippen LogP contribution in [-0.4, -0.2) is 18.7 Å². The number of rotatable bonds is 7. The molecule has 0 saturated heterocycles. The first-order chi connectivity index (χ1) is 9.44. The predicted molar refractivity (Wildman–Crippen MR) is 81.1 cm³/mol. The fourth-order valence-corrected chi connectivity index (χ4v) is 1.89. The zero-order valence-corrected chi connectivity index (χ0v) is 13.2. The van der Waals surface area contributed by atoms with Crippen molar-refractivity contribution in [1.82, 2.24) is 0 Å². The summed E-state index contributed by atoms with van der Waals surface area (Å²) in [4.78, 5) is 11.7. The quantitative estimate of drug-likeness (QED) is 0.705. The second kappa shape index (κ2) is 7.32. The van der Waals surface area contributed by atoms with Gasteiger partial charge < -0.3 is 9.47 Å². The minimum absolute atomic E-state index is 0.157. The van der Waals surface area contributed by atoms with E-state index < -0.39 is 6.10 Å². The number of ether oxygens (including phenoxy) is 2. The van der Waals surface area contributed by atoms with Crippen molar-refractivity contribution >= 4 is 5.97 Å². The van der Waals surface area contributed by atoms with Gasteiger partial charge in [0.25, 0.3) is 0 Å². The van der Waals surface area contributed by atoms with Crippen LogP contribution in [0.15, 0.2) is 24.3 Å². The average molecular weight is 278 g/mol. The lowest BCUT2D eigenvalue weighted by atomic mass is 9.82. The van der Waals surface area contributed by atoms with Gasteiger partial charge in [-0.25, -0.2) is 4.79 Å². The highest BCUT2D eigenvalue weighted by atomic mass is 16.6. The van der Waals surface area contributed by atoms with Crippen LogP contribution in [0.25, 0.3) is 0 Å². The zero-order chi connectivity index (χ0) is 15.2. The molecule has 1 unspecified atom stereocenters. The van der Waals surface area contributed by atoms with Crippen molar-refractivity contribution in [2.75, 3.05) is 6.61 Å².